The molecule has 2 N–H and O–H groups in total. The Morgan fingerprint density at radius 3 is 2.79 bits per heavy atom. The van der Waals surface area contributed by atoms with E-state index in [-0.39, 0.29) is 0 Å². The van der Waals surface area contributed by atoms with Crippen molar-refractivity contribution in [3.8, 4) is 0 Å². The number of nitrogens with zero attached hydrogens (tertiary/aromatic N) is 2. The fourth-order valence-electron chi connectivity index (χ4n) is 3.15. The lowest BCUT2D eigenvalue weighted by Gasteiger charge is -2.28. The lowest BCUT2D eigenvalue weighted by molar-refractivity contribution is 0.555. The highest BCUT2D eigenvalue weighted by Crippen LogP contribution is 2.44. The number of nitrogens with two attached hydrogens (primary N) is 1. The molecular weight excluding hydrogens is 254 g/mol. The number of anilines is 1. The maximum atomic E-state index is 5.91. The predicted octanol–water partition coefficient (Wildman–Crippen LogP) is 3.64. The summed E-state index contributed by atoms with van der Waals surface area (Å²) in [5, 5.41) is 1.25. The summed E-state index contributed by atoms with van der Waals surface area (Å²) in [4.78, 5) is 8.87. The molecule has 3 nitrogen and oxygen atoms in total. The van der Waals surface area contributed by atoms with Crippen molar-refractivity contribution >= 4 is 16.5 Å². The average Bonchev–Trinajstić information content (AvgIpc) is 3.23. The average molecular weight is 279 g/mol. The smallest absolute Gasteiger partial charge is 0.186 e. The molecule has 0 aromatic carbocycles. The molecule has 0 bridgehead atoms. The third-order valence-electron chi connectivity index (χ3n) is 4.46. The van der Waals surface area contributed by atoms with Crippen molar-refractivity contribution in [1.82, 2.24) is 4.98 Å². The van der Waals surface area contributed by atoms with Crippen LogP contribution in [0.25, 0.3) is 0 Å². The van der Waals surface area contributed by atoms with Crippen molar-refractivity contribution < 1.29 is 0 Å². The molecule has 0 amide bonds. The Morgan fingerprint density at radius 1 is 1.26 bits per heavy atom. The summed E-state index contributed by atoms with van der Waals surface area (Å²) in [5.41, 5.74) is 7.23. The Labute approximate surface area is 120 Å². The second-order valence-electron chi connectivity index (χ2n) is 5.89. The SMILES string of the molecule is CCC1CCCCCN1c1nc(C2CC2)c(CN)s1. The van der Waals surface area contributed by atoms with Crippen molar-refractivity contribution in [1.29, 1.82) is 0 Å². The molecule has 1 aromatic heterocycles. The fraction of sp³-hybridized carbons (Fsp3) is 0.800. The van der Waals surface area contributed by atoms with Gasteiger partial charge in [0.15, 0.2) is 5.13 Å². The summed E-state index contributed by atoms with van der Waals surface area (Å²) in [6, 6.07) is 0.686. The molecule has 2 heterocycles. The summed E-state index contributed by atoms with van der Waals surface area (Å²) in [5.74, 6) is 0.718. The van der Waals surface area contributed by atoms with E-state index >= 15 is 0 Å². The van der Waals surface area contributed by atoms with Gasteiger partial charge in [-0.05, 0) is 32.1 Å². The lowest BCUT2D eigenvalue weighted by atomic mass is 10.1. The molecule has 19 heavy (non-hydrogen) atoms. The molecule has 4 heteroatoms. The van der Waals surface area contributed by atoms with E-state index in [1.165, 1.54) is 67.2 Å². The van der Waals surface area contributed by atoms with Gasteiger partial charge in [0.25, 0.3) is 0 Å². The van der Waals surface area contributed by atoms with Crippen LogP contribution >= 0.6 is 11.3 Å². The summed E-state index contributed by atoms with van der Waals surface area (Å²) in [7, 11) is 0. The van der Waals surface area contributed by atoms with Gasteiger partial charge >= 0.3 is 0 Å². The van der Waals surface area contributed by atoms with Gasteiger partial charge in [0.2, 0.25) is 0 Å². The summed E-state index contributed by atoms with van der Waals surface area (Å²) >= 11 is 1.85. The monoisotopic (exact) mass is 279 g/mol. The van der Waals surface area contributed by atoms with Crippen LogP contribution in [-0.2, 0) is 6.54 Å². The Kier molecular flexibility index (Phi) is 4.08. The molecule has 1 aliphatic heterocycles. The first-order chi connectivity index (χ1) is 9.33. The van der Waals surface area contributed by atoms with E-state index in [9.17, 15) is 0 Å². The van der Waals surface area contributed by atoms with Crippen LogP contribution in [-0.4, -0.2) is 17.6 Å². The second-order valence-corrected chi connectivity index (χ2v) is 6.95. The van der Waals surface area contributed by atoms with Crippen LogP contribution in [0.5, 0.6) is 0 Å². The van der Waals surface area contributed by atoms with Gasteiger partial charge in [0.05, 0.1) is 5.69 Å². The summed E-state index contributed by atoms with van der Waals surface area (Å²) in [6.45, 7) is 4.15. The summed E-state index contributed by atoms with van der Waals surface area (Å²) < 4.78 is 0. The molecule has 2 aliphatic rings. The molecule has 1 aliphatic carbocycles. The third-order valence-corrected chi connectivity index (χ3v) is 5.59. The van der Waals surface area contributed by atoms with Gasteiger partial charge < -0.3 is 10.6 Å². The zero-order valence-electron chi connectivity index (χ0n) is 11.9. The van der Waals surface area contributed by atoms with Gasteiger partial charge in [-0.15, -0.1) is 11.3 Å². The van der Waals surface area contributed by atoms with Crippen molar-refractivity contribution in [2.24, 2.45) is 5.73 Å². The van der Waals surface area contributed by atoms with Crippen LogP contribution in [0.15, 0.2) is 0 Å². The van der Waals surface area contributed by atoms with Crippen LogP contribution in [0.2, 0.25) is 0 Å². The molecule has 0 radical (unpaired) electrons. The molecule has 1 saturated carbocycles. The van der Waals surface area contributed by atoms with E-state index in [0.717, 1.165) is 5.92 Å². The molecule has 106 valence electrons. The largest absolute Gasteiger partial charge is 0.345 e. The number of rotatable bonds is 4. The minimum Gasteiger partial charge on any atom is -0.345 e. The van der Waals surface area contributed by atoms with E-state index in [1.54, 1.807) is 0 Å². The van der Waals surface area contributed by atoms with Gasteiger partial charge in [0, 0.05) is 29.9 Å². The van der Waals surface area contributed by atoms with Crippen LogP contribution in [0.1, 0.15) is 68.4 Å². The lowest BCUT2D eigenvalue weighted by Crippen LogP contribution is -2.34. The van der Waals surface area contributed by atoms with Gasteiger partial charge in [-0.1, -0.05) is 19.8 Å². The van der Waals surface area contributed by atoms with Crippen LogP contribution < -0.4 is 10.6 Å². The van der Waals surface area contributed by atoms with Crippen LogP contribution in [0.3, 0.4) is 0 Å². The third kappa shape index (κ3) is 2.79. The highest BCUT2D eigenvalue weighted by atomic mass is 32.1. The second kappa shape index (κ2) is 5.80. The Balaban J connectivity index is 1.86. The minimum absolute atomic E-state index is 0.661. The maximum absolute atomic E-state index is 5.91. The molecule has 1 aromatic rings. The number of hydrogen-bond donors (Lipinski definition) is 1. The van der Waals surface area contributed by atoms with Crippen LogP contribution in [0.4, 0.5) is 5.13 Å². The van der Waals surface area contributed by atoms with Crippen molar-refractivity contribution in [2.45, 2.75) is 70.4 Å². The zero-order valence-corrected chi connectivity index (χ0v) is 12.7. The highest BCUT2D eigenvalue weighted by molar-refractivity contribution is 7.15. The van der Waals surface area contributed by atoms with Gasteiger partial charge in [-0.3, -0.25) is 0 Å². The standard InChI is InChI=1S/C15H25N3S/c1-2-12-6-4-3-5-9-18(12)15-17-14(11-7-8-11)13(10-16)19-15/h11-12H,2-10,16H2,1H3. The fourth-order valence-corrected chi connectivity index (χ4v) is 4.27. The Morgan fingerprint density at radius 2 is 2.11 bits per heavy atom. The highest BCUT2D eigenvalue weighted by Gasteiger charge is 2.31. The normalized spacial score (nSPS) is 24.5. The first-order valence-electron chi connectivity index (χ1n) is 7.79. The van der Waals surface area contributed by atoms with Gasteiger partial charge in [-0.2, -0.15) is 0 Å². The Hall–Kier alpha value is -0.610. The first kappa shape index (κ1) is 13.4. The van der Waals surface area contributed by atoms with E-state index < -0.39 is 0 Å². The first-order valence-corrected chi connectivity index (χ1v) is 8.61. The van der Waals surface area contributed by atoms with Crippen LogP contribution in [0, 0.1) is 0 Å². The predicted molar refractivity (Wildman–Crippen MR) is 81.9 cm³/mol. The quantitative estimate of drug-likeness (QED) is 0.915. The molecule has 2 fully saturated rings. The van der Waals surface area contributed by atoms with Gasteiger partial charge in [0.1, 0.15) is 0 Å². The molecule has 1 saturated heterocycles. The minimum atomic E-state index is 0.661. The molecule has 1 atom stereocenters. The number of aromatic nitrogens is 1. The molecular formula is C15H25N3S. The molecule has 1 unspecified atom stereocenters. The molecule has 3 rings (SSSR count). The number of hydrogen-bond acceptors (Lipinski definition) is 4. The van der Waals surface area contributed by atoms with Gasteiger partial charge in [-0.25, -0.2) is 4.98 Å². The van der Waals surface area contributed by atoms with Crippen molar-refractivity contribution in [3.05, 3.63) is 10.6 Å². The van der Waals surface area contributed by atoms with E-state index in [2.05, 4.69) is 11.8 Å². The van der Waals surface area contributed by atoms with E-state index in [0.29, 0.717) is 12.6 Å². The topological polar surface area (TPSA) is 42.2 Å². The van der Waals surface area contributed by atoms with Crippen molar-refractivity contribution in [3.63, 3.8) is 0 Å². The molecule has 0 spiro atoms. The maximum Gasteiger partial charge on any atom is 0.186 e. The summed E-state index contributed by atoms with van der Waals surface area (Å²) in [6.07, 6.45) is 9.24. The van der Waals surface area contributed by atoms with Crippen molar-refractivity contribution in [2.75, 3.05) is 11.4 Å². The van der Waals surface area contributed by atoms with E-state index in [4.69, 9.17) is 10.7 Å². The zero-order chi connectivity index (χ0) is 13.2. The van der Waals surface area contributed by atoms with E-state index in [1.807, 2.05) is 11.3 Å². The Bertz CT molecular complexity index is 425. The number of thiazole rings is 1.